The summed E-state index contributed by atoms with van der Waals surface area (Å²) in [7, 11) is 0. The number of allylic oxidation sites excluding steroid dienone is 2. The lowest BCUT2D eigenvalue weighted by Crippen LogP contribution is -1.79. The highest BCUT2D eigenvalue weighted by atomic mass is 16.1. The molecule has 0 bridgehead atoms. The van der Waals surface area contributed by atoms with Gasteiger partial charge in [-0.2, -0.15) is 0 Å². The number of hydrogen-bond donors (Lipinski definition) is 0. The van der Waals surface area contributed by atoms with Gasteiger partial charge in [-0.25, -0.2) is 0 Å². The standard InChI is InChI=1S/C15H28O/c1-2-3-4-5-6-7-8-9-10-11-12-13-14-15-16/h7-8,15H,2-6,9-14H2,1H3/b8-7-. The van der Waals surface area contributed by atoms with Crippen LogP contribution in [0.2, 0.25) is 0 Å². The van der Waals surface area contributed by atoms with Gasteiger partial charge in [-0.3, -0.25) is 0 Å². The summed E-state index contributed by atoms with van der Waals surface area (Å²) in [6.45, 7) is 2.25. The molecule has 0 spiro atoms. The van der Waals surface area contributed by atoms with Gasteiger partial charge in [-0.15, -0.1) is 0 Å². The van der Waals surface area contributed by atoms with Crippen molar-refractivity contribution in [3.05, 3.63) is 12.2 Å². The number of aldehydes is 1. The molecule has 0 saturated carbocycles. The van der Waals surface area contributed by atoms with Crippen molar-refractivity contribution in [1.82, 2.24) is 0 Å². The van der Waals surface area contributed by atoms with E-state index >= 15 is 0 Å². The first kappa shape index (κ1) is 15.4. The van der Waals surface area contributed by atoms with Gasteiger partial charge < -0.3 is 4.79 Å². The Kier molecular flexibility index (Phi) is 13.9. The SMILES string of the molecule is CCCCCC/C=C\CCCCCCC=O. The molecule has 0 radical (unpaired) electrons. The molecule has 0 heterocycles. The maximum absolute atomic E-state index is 10.1. The van der Waals surface area contributed by atoms with E-state index < -0.39 is 0 Å². The van der Waals surface area contributed by atoms with E-state index in [4.69, 9.17) is 0 Å². The van der Waals surface area contributed by atoms with E-state index in [2.05, 4.69) is 19.1 Å². The third-order valence-corrected chi connectivity index (χ3v) is 2.83. The predicted octanol–water partition coefficient (Wildman–Crippen LogP) is 5.05. The van der Waals surface area contributed by atoms with E-state index in [1.165, 1.54) is 57.8 Å². The van der Waals surface area contributed by atoms with Crippen molar-refractivity contribution < 1.29 is 4.79 Å². The van der Waals surface area contributed by atoms with Crippen LogP contribution >= 0.6 is 0 Å². The van der Waals surface area contributed by atoms with E-state index in [9.17, 15) is 4.79 Å². The molecule has 0 aromatic rings. The second-order valence-electron chi connectivity index (χ2n) is 4.48. The Labute approximate surface area is 101 Å². The summed E-state index contributed by atoms with van der Waals surface area (Å²) in [5.41, 5.74) is 0. The average Bonchev–Trinajstić information content (AvgIpc) is 2.31. The summed E-state index contributed by atoms with van der Waals surface area (Å²) < 4.78 is 0. The molecule has 0 aromatic heterocycles. The summed E-state index contributed by atoms with van der Waals surface area (Å²) in [6.07, 6.45) is 19.2. The molecule has 0 rings (SSSR count). The van der Waals surface area contributed by atoms with Crippen LogP contribution in [0.1, 0.15) is 77.6 Å². The summed E-state index contributed by atoms with van der Waals surface area (Å²) in [5, 5.41) is 0. The average molecular weight is 224 g/mol. The maximum Gasteiger partial charge on any atom is 0.119 e. The Morgan fingerprint density at radius 1 is 0.688 bits per heavy atom. The first-order chi connectivity index (χ1) is 7.91. The van der Waals surface area contributed by atoms with Crippen LogP contribution in [-0.2, 0) is 4.79 Å². The summed E-state index contributed by atoms with van der Waals surface area (Å²) in [4.78, 5) is 10.1. The van der Waals surface area contributed by atoms with E-state index in [1.54, 1.807) is 0 Å². The number of rotatable bonds is 12. The van der Waals surface area contributed by atoms with Gasteiger partial charge in [0.05, 0.1) is 0 Å². The molecular weight excluding hydrogens is 196 g/mol. The highest BCUT2D eigenvalue weighted by molar-refractivity contribution is 5.48. The van der Waals surface area contributed by atoms with E-state index in [0.29, 0.717) is 0 Å². The molecule has 16 heavy (non-hydrogen) atoms. The number of hydrogen-bond acceptors (Lipinski definition) is 1. The Hall–Kier alpha value is -0.590. The molecule has 1 nitrogen and oxygen atoms in total. The Morgan fingerprint density at radius 2 is 1.19 bits per heavy atom. The molecule has 0 unspecified atom stereocenters. The normalized spacial score (nSPS) is 11.1. The molecule has 94 valence electrons. The highest BCUT2D eigenvalue weighted by Crippen LogP contribution is 2.07. The lowest BCUT2D eigenvalue weighted by Gasteiger charge is -1.96. The molecular formula is C15H28O. The third-order valence-electron chi connectivity index (χ3n) is 2.83. The first-order valence-corrected chi connectivity index (χ1v) is 7.00. The number of carbonyl (C=O) groups excluding carboxylic acids is 1. The molecule has 0 aliphatic carbocycles. The van der Waals surface area contributed by atoms with Gasteiger partial charge in [-0.05, 0) is 32.1 Å². The molecule has 0 N–H and O–H groups in total. The minimum absolute atomic E-state index is 0.743. The Morgan fingerprint density at radius 3 is 1.69 bits per heavy atom. The van der Waals surface area contributed by atoms with Crippen LogP contribution in [0.3, 0.4) is 0 Å². The van der Waals surface area contributed by atoms with E-state index in [1.807, 2.05) is 0 Å². The fourth-order valence-electron chi connectivity index (χ4n) is 1.77. The zero-order valence-electron chi connectivity index (χ0n) is 10.9. The number of unbranched alkanes of at least 4 members (excludes halogenated alkanes) is 9. The summed E-state index contributed by atoms with van der Waals surface area (Å²) in [5.74, 6) is 0. The van der Waals surface area contributed by atoms with Gasteiger partial charge >= 0.3 is 0 Å². The molecule has 1 heteroatoms. The van der Waals surface area contributed by atoms with Gasteiger partial charge in [0.2, 0.25) is 0 Å². The summed E-state index contributed by atoms with van der Waals surface area (Å²) in [6, 6.07) is 0. The fourth-order valence-corrected chi connectivity index (χ4v) is 1.77. The maximum atomic E-state index is 10.1. The zero-order valence-corrected chi connectivity index (χ0v) is 10.9. The van der Waals surface area contributed by atoms with E-state index in [-0.39, 0.29) is 0 Å². The van der Waals surface area contributed by atoms with Crippen LogP contribution in [-0.4, -0.2) is 6.29 Å². The second-order valence-corrected chi connectivity index (χ2v) is 4.48. The molecule has 0 atom stereocenters. The minimum Gasteiger partial charge on any atom is -0.303 e. The van der Waals surface area contributed by atoms with Gasteiger partial charge in [0.1, 0.15) is 6.29 Å². The van der Waals surface area contributed by atoms with Crippen LogP contribution in [0, 0.1) is 0 Å². The quantitative estimate of drug-likeness (QED) is 0.257. The minimum atomic E-state index is 0.743. The largest absolute Gasteiger partial charge is 0.303 e. The lowest BCUT2D eigenvalue weighted by molar-refractivity contribution is -0.107. The predicted molar refractivity (Wildman–Crippen MR) is 71.7 cm³/mol. The summed E-state index contributed by atoms with van der Waals surface area (Å²) >= 11 is 0. The Balaban J connectivity index is 3.00. The fraction of sp³-hybridized carbons (Fsp3) is 0.800. The lowest BCUT2D eigenvalue weighted by atomic mass is 10.1. The molecule has 0 fully saturated rings. The van der Waals surface area contributed by atoms with Gasteiger partial charge in [0, 0.05) is 6.42 Å². The number of carbonyl (C=O) groups is 1. The van der Waals surface area contributed by atoms with Crippen molar-refractivity contribution in [2.24, 2.45) is 0 Å². The van der Waals surface area contributed by atoms with Gasteiger partial charge in [0.25, 0.3) is 0 Å². The zero-order chi connectivity index (χ0) is 11.9. The molecule has 0 aliphatic rings. The molecule has 0 aromatic carbocycles. The van der Waals surface area contributed by atoms with Crippen molar-refractivity contribution in [3.8, 4) is 0 Å². The van der Waals surface area contributed by atoms with Crippen molar-refractivity contribution in [2.75, 3.05) is 0 Å². The van der Waals surface area contributed by atoms with Crippen molar-refractivity contribution >= 4 is 6.29 Å². The Bertz CT molecular complexity index is 161. The van der Waals surface area contributed by atoms with Crippen LogP contribution in [0.15, 0.2) is 12.2 Å². The molecule has 0 aliphatic heterocycles. The smallest absolute Gasteiger partial charge is 0.119 e. The van der Waals surface area contributed by atoms with Crippen molar-refractivity contribution in [3.63, 3.8) is 0 Å². The van der Waals surface area contributed by atoms with Gasteiger partial charge in [0.15, 0.2) is 0 Å². The van der Waals surface area contributed by atoms with Crippen LogP contribution in [0.25, 0.3) is 0 Å². The molecule has 0 amide bonds. The van der Waals surface area contributed by atoms with Crippen molar-refractivity contribution in [2.45, 2.75) is 77.6 Å². The van der Waals surface area contributed by atoms with Crippen molar-refractivity contribution in [1.29, 1.82) is 0 Å². The monoisotopic (exact) mass is 224 g/mol. The first-order valence-electron chi connectivity index (χ1n) is 7.00. The topological polar surface area (TPSA) is 17.1 Å². The van der Waals surface area contributed by atoms with Crippen LogP contribution in [0.5, 0.6) is 0 Å². The highest BCUT2D eigenvalue weighted by Gasteiger charge is 1.88. The van der Waals surface area contributed by atoms with Gasteiger partial charge in [-0.1, -0.05) is 51.2 Å². The molecule has 0 saturated heterocycles. The van der Waals surface area contributed by atoms with Crippen LogP contribution < -0.4 is 0 Å². The van der Waals surface area contributed by atoms with Crippen LogP contribution in [0.4, 0.5) is 0 Å². The van der Waals surface area contributed by atoms with E-state index in [0.717, 1.165) is 19.1 Å². The third kappa shape index (κ3) is 13.4. The second kappa shape index (κ2) is 14.4.